The van der Waals surface area contributed by atoms with Crippen molar-refractivity contribution in [3.8, 4) is 0 Å². The smallest absolute Gasteiger partial charge is 0.225 e. The lowest BCUT2D eigenvalue weighted by Crippen LogP contribution is -2.49. The summed E-state index contributed by atoms with van der Waals surface area (Å²) in [6, 6.07) is 10.1. The third-order valence-corrected chi connectivity index (χ3v) is 7.08. The Morgan fingerprint density at radius 3 is 2.45 bits per heavy atom. The summed E-state index contributed by atoms with van der Waals surface area (Å²) >= 11 is 0. The first-order chi connectivity index (χ1) is 14.1. The number of fused-ring (bicyclic) bond motifs is 1. The lowest BCUT2D eigenvalue weighted by Gasteiger charge is -2.37. The minimum Gasteiger partial charge on any atom is -0.367 e. The number of carbonyl (C=O) groups excluding carboxylic acids is 1. The maximum Gasteiger partial charge on any atom is 0.225 e. The van der Waals surface area contributed by atoms with E-state index in [1.54, 1.807) is 6.26 Å². The van der Waals surface area contributed by atoms with Gasteiger partial charge in [0, 0.05) is 77.9 Å². The minimum atomic E-state index is -0.958. The van der Waals surface area contributed by atoms with E-state index in [1.165, 1.54) is 16.8 Å². The molecule has 5 nitrogen and oxygen atoms in total. The highest BCUT2D eigenvalue weighted by Crippen LogP contribution is 2.37. The number of nitrogens with zero attached hydrogens (tertiary/aromatic N) is 3. The van der Waals surface area contributed by atoms with Gasteiger partial charge in [0.25, 0.3) is 0 Å². The van der Waals surface area contributed by atoms with Crippen LogP contribution in [-0.2, 0) is 22.0 Å². The van der Waals surface area contributed by atoms with Crippen LogP contribution in [0, 0.1) is 5.92 Å². The van der Waals surface area contributed by atoms with Gasteiger partial charge in [-0.3, -0.25) is 14.0 Å². The molecule has 1 aromatic heterocycles. The fraction of sp³-hybridized carbons (Fsp3) is 0.391. The first-order valence-electron chi connectivity index (χ1n) is 10.3. The largest absolute Gasteiger partial charge is 0.367 e. The predicted octanol–water partition coefficient (Wildman–Crippen LogP) is 2.97. The van der Waals surface area contributed by atoms with Crippen molar-refractivity contribution in [2.45, 2.75) is 24.2 Å². The molecule has 3 aliphatic rings. The maximum atomic E-state index is 12.3. The molecule has 6 heteroatoms. The normalized spacial score (nSPS) is 19.7. The molecule has 1 saturated carbocycles. The summed E-state index contributed by atoms with van der Waals surface area (Å²) in [6.07, 6.45) is 8.80. The van der Waals surface area contributed by atoms with Crippen molar-refractivity contribution in [3.63, 3.8) is 0 Å². The second-order valence-electron chi connectivity index (χ2n) is 8.10. The minimum absolute atomic E-state index is 0.300. The molecule has 29 heavy (non-hydrogen) atoms. The average Bonchev–Trinajstić information content (AvgIpc) is 3.51. The van der Waals surface area contributed by atoms with Crippen molar-refractivity contribution in [1.82, 2.24) is 9.88 Å². The molecule has 1 aromatic carbocycles. The zero-order chi connectivity index (χ0) is 20.0. The van der Waals surface area contributed by atoms with Crippen molar-refractivity contribution in [3.05, 3.63) is 53.3 Å². The summed E-state index contributed by atoms with van der Waals surface area (Å²) in [6.45, 7) is 3.35. The molecule has 1 unspecified atom stereocenters. The molecule has 2 aliphatic carbocycles. The molecule has 1 amide bonds. The number of anilines is 1. The van der Waals surface area contributed by atoms with Gasteiger partial charge in [-0.2, -0.15) is 0 Å². The van der Waals surface area contributed by atoms with E-state index in [2.05, 4.69) is 34.2 Å². The number of allylic oxidation sites excluding steroid dienone is 1. The van der Waals surface area contributed by atoms with Crippen LogP contribution in [0.4, 0.5) is 5.69 Å². The molecule has 5 rings (SSSR count). The first-order valence-corrected chi connectivity index (χ1v) is 11.8. The number of pyridine rings is 1. The number of aromatic nitrogens is 1. The van der Waals surface area contributed by atoms with E-state index in [1.807, 2.05) is 23.2 Å². The van der Waals surface area contributed by atoms with Crippen molar-refractivity contribution in [2.75, 3.05) is 37.3 Å². The summed E-state index contributed by atoms with van der Waals surface area (Å²) < 4.78 is 11.6. The van der Waals surface area contributed by atoms with Gasteiger partial charge in [0.15, 0.2) is 0 Å². The highest BCUT2D eigenvalue weighted by molar-refractivity contribution is 7.84. The molecular weight excluding hydrogens is 382 g/mol. The van der Waals surface area contributed by atoms with Crippen molar-refractivity contribution >= 4 is 34.0 Å². The van der Waals surface area contributed by atoms with E-state index in [9.17, 15) is 9.00 Å². The number of carbonyl (C=O) groups is 1. The SMILES string of the molecule is CS(=O)c1ccc(C2=Cc3c(N4CCN(C(=O)C5CC5)CC4)ccnc3C2)cc1. The molecule has 0 bridgehead atoms. The van der Waals surface area contributed by atoms with Gasteiger partial charge in [-0.05, 0) is 48.3 Å². The monoisotopic (exact) mass is 407 g/mol. The topological polar surface area (TPSA) is 53.5 Å². The van der Waals surface area contributed by atoms with Gasteiger partial charge < -0.3 is 9.80 Å². The van der Waals surface area contributed by atoms with Crippen LogP contribution in [0.15, 0.2) is 41.4 Å². The van der Waals surface area contributed by atoms with E-state index in [-0.39, 0.29) is 0 Å². The maximum absolute atomic E-state index is 12.3. The lowest BCUT2D eigenvalue weighted by atomic mass is 10.1. The molecule has 0 N–H and O–H groups in total. The van der Waals surface area contributed by atoms with Crippen LogP contribution in [0.3, 0.4) is 0 Å². The average molecular weight is 408 g/mol. The van der Waals surface area contributed by atoms with Crippen LogP contribution in [0.25, 0.3) is 11.6 Å². The van der Waals surface area contributed by atoms with Crippen molar-refractivity contribution < 1.29 is 9.00 Å². The van der Waals surface area contributed by atoms with E-state index < -0.39 is 10.8 Å². The van der Waals surface area contributed by atoms with E-state index in [0.29, 0.717) is 11.8 Å². The van der Waals surface area contributed by atoms with Crippen molar-refractivity contribution in [1.29, 1.82) is 0 Å². The second-order valence-corrected chi connectivity index (χ2v) is 9.48. The summed E-state index contributed by atoms with van der Waals surface area (Å²) in [7, 11) is -0.958. The Morgan fingerprint density at radius 2 is 1.79 bits per heavy atom. The quantitative estimate of drug-likeness (QED) is 0.782. The Bertz CT molecular complexity index is 1000. The van der Waals surface area contributed by atoms with Crippen LogP contribution in [-0.4, -0.2) is 52.4 Å². The number of hydrogen-bond acceptors (Lipinski definition) is 4. The van der Waals surface area contributed by atoms with Crippen molar-refractivity contribution in [2.24, 2.45) is 5.92 Å². The summed E-state index contributed by atoms with van der Waals surface area (Å²) in [5, 5.41) is 0. The Hall–Kier alpha value is -2.47. The van der Waals surface area contributed by atoms with Gasteiger partial charge in [0.2, 0.25) is 5.91 Å². The van der Waals surface area contributed by atoms with Gasteiger partial charge >= 0.3 is 0 Å². The van der Waals surface area contributed by atoms with E-state index >= 15 is 0 Å². The number of amides is 1. The van der Waals surface area contributed by atoms with E-state index in [0.717, 1.165) is 61.6 Å². The van der Waals surface area contributed by atoms with Crippen LogP contribution in [0.2, 0.25) is 0 Å². The fourth-order valence-corrected chi connectivity index (χ4v) is 4.81. The molecule has 1 saturated heterocycles. The number of hydrogen-bond donors (Lipinski definition) is 0. The molecule has 2 fully saturated rings. The zero-order valence-corrected chi connectivity index (χ0v) is 17.5. The highest BCUT2D eigenvalue weighted by atomic mass is 32.2. The van der Waals surface area contributed by atoms with Crippen LogP contribution < -0.4 is 4.90 Å². The fourth-order valence-electron chi connectivity index (χ4n) is 4.29. The third kappa shape index (κ3) is 3.62. The standard InChI is InChI=1S/C23H25N3O2S/c1-29(28)19-6-4-16(5-7-19)18-14-20-21(15-18)24-9-8-22(20)25-10-12-26(13-11-25)23(27)17-2-3-17/h4-9,14,17H,2-3,10-13,15H2,1H3. The second kappa shape index (κ2) is 7.41. The molecule has 1 atom stereocenters. The zero-order valence-electron chi connectivity index (χ0n) is 16.6. The Balaban J connectivity index is 1.35. The summed E-state index contributed by atoms with van der Waals surface area (Å²) in [5.41, 5.74) is 5.93. The molecule has 0 radical (unpaired) electrons. The molecule has 2 heterocycles. The molecule has 150 valence electrons. The van der Waals surface area contributed by atoms with E-state index in [4.69, 9.17) is 0 Å². The highest BCUT2D eigenvalue weighted by Gasteiger charge is 2.35. The molecule has 2 aromatic rings. The number of benzene rings is 1. The first kappa shape index (κ1) is 18.6. The summed E-state index contributed by atoms with van der Waals surface area (Å²) in [5.74, 6) is 0.650. The Labute approximate surface area is 173 Å². The number of piperazine rings is 1. The predicted molar refractivity (Wildman–Crippen MR) is 116 cm³/mol. The van der Waals surface area contributed by atoms with Gasteiger partial charge in [-0.15, -0.1) is 0 Å². The van der Waals surface area contributed by atoms with Crippen LogP contribution in [0.1, 0.15) is 29.7 Å². The molecule has 1 aliphatic heterocycles. The van der Waals surface area contributed by atoms with Gasteiger partial charge in [-0.25, -0.2) is 0 Å². The van der Waals surface area contributed by atoms with Gasteiger partial charge in [0.1, 0.15) is 0 Å². The molecular formula is C23H25N3O2S. The Kier molecular flexibility index (Phi) is 4.74. The third-order valence-electron chi connectivity index (χ3n) is 6.14. The van der Waals surface area contributed by atoms with Crippen LogP contribution in [0.5, 0.6) is 0 Å². The lowest BCUT2D eigenvalue weighted by molar-refractivity contribution is -0.132. The molecule has 0 spiro atoms. The van der Waals surface area contributed by atoms with Gasteiger partial charge in [-0.1, -0.05) is 12.1 Å². The van der Waals surface area contributed by atoms with Gasteiger partial charge in [0.05, 0.1) is 5.69 Å². The van der Waals surface area contributed by atoms with Crippen LogP contribution >= 0.6 is 0 Å². The number of rotatable bonds is 4. The summed E-state index contributed by atoms with van der Waals surface area (Å²) in [4.78, 5) is 22.2. The Morgan fingerprint density at radius 1 is 1.07 bits per heavy atom.